The fourth-order valence-corrected chi connectivity index (χ4v) is 5.21. The molecule has 59 heavy (non-hydrogen) atoms. The van der Waals surface area contributed by atoms with Crippen LogP contribution in [0.4, 0.5) is 0 Å². The number of carbonyl (C=O) groups is 8. The van der Waals surface area contributed by atoms with E-state index >= 15 is 0 Å². The molecule has 0 saturated carbocycles. The highest BCUT2D eigenvalue weighted by Crippen LogP contribution is 2.10. The lowest BCUT2D eigenvalue weighted by molar-refractivity contribution is -0.138. The standard InChI is InChI=1S/C36H65N13O10/c1-18(2)14-24(30(55)43-16-27(51)52)48-34(59)26(17-50)49-29(54)21(7)44-31(56)22(10-8-12-41-35(37)38)45-32(57)23(11-9-13-42-36(39)40)46-33(58)25(15-19(3)4)47-28(53)20(5)6/h18-19,21-26,50H,5,8-17H2,1-4,6-7H3,(H,43,55)(H,44,56)(H,45,57)(H,46,58)(H,47,53)(H,48,59)(H,49,54)(H,51,52)(H4,37,38,41)(H4,39,40,42)/t21-,22-,23-,24-,25-,26-/m0/s1. The summed E-state index contributed by atoms with van der Waals surface area (Å²) in [6.07, 6.45) is 0.672. The molecule has 0 unspecified atom stereocenters. The average molecular weight is 840 g/mol. The molecule has 0 rings (SSSR count). The number of carboxylic acids is 1. The van der Waals surface area contributed by atoms with Crippen molar-refractivity contribution in [1.82, 2.24) is 37.2 Å². The Bertz CT molecular complexity index is 1530. The van der Waals surface area contributed by atoms with E-state index in [4.69, 9.17) is 28.0 Å². The number of guanidine groups is 2. The Morgan fingerprint density at radius 3 is 1.37 bits per heavy atom. The maximum atomic E-state index is 13.8. The van der Waals surface area contributed by atoms with Gasteiger partial charge in [-0.3, -0.25) is 48.3 Å². The van der Waals surface area contributed by atoms with Crippen LogP contribution < -0.4 is 60.2 Å². The van der Waals surface area contributed by atoms with Crippen LogP contribution in [-0.4, -0.2) is 132 Å². The van der Waals surface area contributed by atoms with E-state index in [2.05, 4.69) is 53.8 Å². The minimum Gasteiger partial charge on any atom is -0.480 e. The molecule has 0 aliphatic heterocycles. The first kappa shape index (κ1) is 53.0. The number of rotatable bonds is 28. The molecule has 23 heteroatoms. The van der Waals surface area contributed by atoms with Crippen molar-refractivity contribution in [2.45, 2.75) is 116 Å². The van der Waals surface area contributed by atoms with Crippen LogP contribution in [0.2, 0.25) is 0 Å². The van der Waals surface area contributed by atoms with Crippen molar-refractivity contribution < 1.29 is 48.6 Å². The van der Waals surface area contributed by atoms with E-state index in [1.165, 1.54) is 13.8 Å². The molecule has 7 amide bonds. The van der Waals surface area contributed by atoms with Gasteiger partial charge in [0.05, 0.1) is 6.61 Å². The lowest BCUT2D eigenvalue weighted by atomic mass is 10.0. The Morgan fingerprint density at radius 2 is 0.966 bits per heavy atom. The zero-order chi connectivity index (χ0) is 45.4. The van der Waals surface area contributed by atoms with Crippen LogP contribution in [0, 0.1) is 11.8 Å². The highest BCUT2D eigenvalue weighted by molar-refractivity contribution is 5.98. The van der Waals surface area contributed by atoms with E-state index in [9.17, 15) is 43.5 Å². The van der Waals surface area contributed by atoms with Gasteiger partial charge in [0.1, 0.15) is 42.8 Å². The fourth-order valence-electron chi connectivity index (χ4n) is 5.21. The highest BCUT2D eigenvalue weighted by Gasteiger charge is 2.32. The maximum Gasteiger partial charge on any atom is 0.322 e. The number of nitrogens with two attached hydrogens (primary N) is 4. The predicted octanol–water partition coefficient (Wildman–Crippen LogP) is -4.12. The first-order valence-electron chi connectivity index (χ1n) is 19.2. The van der Waals surface area contributed by atoms with Crippen LogP contribution in [-0.2, 0) is 38.4 Å². The molecule has 6 atom stereocenters. The van der Waals surface area contributed by atoms with Gasteiger partial charge < -0.3 is 70.4 Å². The fraction of sp³-hybridized carbons (Fsp3) is 0.667. The summed E-state index contributed by atoms with van der Waals surface area (Å²) in [6.45, 7) is 12.1. The molecule has 23 nitrogen and oxygen atoms in total. The van der Waals surface area contributed by atoms with Crippen molar-refractivity contribution in [1.29, 1.82) is 0 Å². The molecule has 0 aromatic rings. The lowest BCUT2D eigenvalue weighted by Gasteiger charge is -2.27. The molecular weight excluding hydrogens is 774 g/mol. The summed E-state index contributed by atoms with van der Waals surface area (Å²) < 4.78 is 0. The molecule has 0 spiro atoms. The number of amides is 7. The normalized spacial score (nSPS) is 13.8. The van der Waals surface area contributed by atoms with Crippen molar-refractivity contribution in [3.63, 3.8) is 0 Å². The van der Waals surface area contributed by atoms with Gasteiger partial charge in [0.2, 0.25) is 41.4 Å². The van der Waals surface area contributed by atoms with Gasteiger partial charge in [-0.1, -0.05) is 34.3 Å². The SMILES string of the molecule is C=C(C)C(=O)N[C@@H](CC(C)C)C(=O)N[C@@H](CCCN=C(N)N)C(=O)N[C@@H](CCCN=C(N)N)C(=O)N[C@@H](C)C(=O)N[C@@H](CO)C(=O)N[C@@H](CC(C)C)C(=O)NCC(=O)O. The van der Waals surface area contributed by atoms with Gasteiger partial charge in [-0.2, -0.15) is 0 Å². The van der Waals surface area contributed by atoms with Crippen LogP contribution in [0.5, 0.6) is 0 Å². The number of aliphatic imine (C=N–C) groups is 2. The van der Waals surface area contributed by atoms with Crippen molar-refractivity contribution in [2.75, 3.05) is 26.2 Å². The summed E-state index contributed by atoms with van der Waals surface area (Å²) in [5.41, 5.74) is 21.9. The van der Waals surface area contributed by atoms with Crippen LogP contribution in [0.3, 0.4) is 0 Å². The Morgan fingerprint density at radius 1 is 0.576 bits per heavy atom. The number of carboxylic acid groups (broad SMARTS) is 1. The number of hydrogen-bond donors (Lipinski definition) is 13. The highest BCUT2D eigenvalue weighted by atomic mass is 16.4. The number of aliphatic hydroxyl groups is 1. The summed E-state index contributed by atoms with van der Waals surface area (Å²) >= 11 is 0. The summed E-state index contributed by atoms with van der Waals surface area (Å²) in [7, 11) is 0. The quantitative estimate of drug-likeness (QED) is 0.0154. The second-order valence-corrected chi connectivity index (χ2v) is 14.7. The third-order valence-electron chi connectivity index (χ3n) is 8.19. The number of nitrogens with zero attached hydrogens (tertiary/aromatic N) is 2. The van der Waals surface area contributed by atoms with E-state index in [1.54, 1.807) is 13.8 Å². The Kier molecular flexibility index (Phi) is 24.8. The van der Waals surface area contributed by atoms with E-state index in [-0.39, 0.29) is 80.9 Å². The largest absolute Gasteiger partial charge is 0.480 e. The minimum absolute atomic E-state index is 0.00217. The zero-order valence-electron chi connectivity index (χ0n) is 34.8. The Hall–Kier alpha value is -6.00. The minimum atomic E-state index is -1.58. The third kappa shape index (κ3) is 23.1. The number of hydrogen-bond acceptors (Lipinski definition) is 11. The maximum absolute atomic E-state index is 13.8. The monoisotopic (exact) mass is 839 g/mol. The number of nitrogens with one attached hydrogen (secondary N) is 7. The topological polar surface area (TPSA) is 390 Å². The molecule has 0 radical (unpaired) electrons. The smallest absolute Gasteiger partial charge is 0.322 e. The van der Waals surface area contributed by atoms with E-state index in [0.29, 0.717) is 0 Å². The molecule has 0 bridgehead atoms. The van der Waals surface area contributed by atoms with Gasteiger partial charge in [0.15, 0.2) is 11.9 Å². The zero-order valence-corrected chi connectivity index (χ0v) is 34.8. The Labute approximate surface area is 344 Å². The summed E-state index contributed by atoms with van der Waals surface area (Å²) in [5, 5.41) is 36.1. The molecule has 0 aliphatic carbocycles. The van der Waals surface area contributed by atoms with Gasteiger partial charge in [0.25, 0.3) is 0 Å². The molecule has 334 valence electrons. The summed E-state index contributed by atoms with van der Waals surface area (Å²) in [4.78, 5) is 111. The lowest BCUT2D eigenvalue weighted by Crippen LogP contribution is -2.59. The molecule has 0 aromatic heterocycles. The number of aliphatic hydroxyl groups excluding tert-OH is 1. The first-order chi connectivity index (χ1) is 27.5. The van der Waals surface area contributed by atoms with Gasteiger partial charge in [0, 0.05) is 18.7 Å². The second kappa shape index (κ2) is 27.6. The molecule has 0 aliphatic rings. The molecule has 0 heterocycles. The average Bonchev–Trinajstić information content (AvgIpc) is 3.13. The molecule has 0 fully saturated rings. The first-order valence-corrected chi connectivity index (χ1v) is 19.2. The number of carbonyl (C=O) groups excluding carboxylic acids is 7. The summed E-state index contributed by atoms with van der Waals surface area (Å²) in [6, 6.07) is -7.74. The van der Waals surface area contributed by atoms with Crippen LogP contribution in [0.1, 0.15) is 80.1 Å². The van der Waals surface area contributed by atoms with E-state index in [0.717, 1.165) is 0 Å². The molecule has 17 N–H and O–H groups in total. The van der Waals surface area contributed by atoms with E-state index < -0.39 is 96.7 Å². The van der Waals surface area contributed by atoms with Crippen molar-refractivity contribution in [3.05, 3.63) is 12.2 Å². The van der Waals surface area contributed by atoms with Gasteiger partial charge in [-0.25, -0.2) is 0 Å². The Balaban J connectivity index is 6.24. The number of aliphatic carboxylic acids is 1. The van der Waals surface area contributed by atoms with Gasteiger partial charge >= 0.3 is 5.97 Å². The van der Waals surface area contributed by atoms with Crippen molar-refractivity contribution in [2.24, 2.45) is 44.8 Å². The predicted molar refractivity (Wildman–Crippen MR) is 219 cm³/mol. The van der Waals surface area contributed by atoms with Crippen LogP contribution in [0.15, 0.2) is 22.1 Å². The molecule has 0 saturated heterocycles. The summed E-state index contributed by atoms with van der Waals surface area (Å²) in [5.74, 6) is -7.40. The van der Waals surface area contributed by atoms with Crippen LogP contribution in [0.25, 0.3) is 0 Å². The molecular formula is C36H65N13O10. The van der Waals surface area contributed by atoms with Gasteiger partial charge in [-0.15, -0.1) is 0 Å². The molecule has 0 aromatic carbocycles. The third-order valence-corrected chi connectivity index (χ3v) is 8.19. The van der Waals surface area contributed by atoms with Crippen molar-refractivity contribution in [3.8, 4) is 0 Å². The second-order valence-electron chi connectivity index (χ2n) is 14.7. The van der Waals surface area contributed by atoms with E-state index in [1.807, 2.05) is 13.8 Å². The van der Waals surface area contributed by atoms with Crippen LogP contribution >= 0.6 is 0 Å². The van der Waals surface area contributed by atoms with Crippen molar-refractivity contribution >= 4 is 59.2 Å². The van der Waals surface area contributed by atoms with Gasteiger partial charge in [-0.05, 0) is 64.2 Å².